The van der Waals surface area contributed by atoms with E-state index in [1.165, 1.54) is 28.0 Å². The zero-order valence-corrected chi connectivity index (χ0v) is 73.1. The number of aryl methyl sites for hydroxylation is 2. The van der Waals surface area contributed by atoms with E-state index in [0.29, 0.717) is 28.2 Å². The summed E-state index contributed by atoms with van der Waals surface area (Å²) in [6.45, 7) is 1.86. The number of aliphatic carboxylic acids is 10. The molecule has 132 heavy (non-hydrogen) atoms. The van der Waals surface area contributed by atoms with Gasteiger partial charge < -0.3 is 119 Å². The molecule has 3 aromatic rings. The third-order valence-electron chi connectivity index (χ3n) is 21.8. The maximum atomic E-state index is 14.7. The standard InChI is InChI=1S/C85H117N15O32/c1-49-15-19-54-63(41-49)131-64-42-50(2)16-20-55(64)85(54)56-43-51(17-18-53(56)82(128)132-85)75(119)92-57(11-5-9-32-89-83(129)90-34-29-52-44-99(47-73(115)116)38-37-97(45-71(111)112)35-36-98(46-72(113)114)39-40-100(52)48-74(117)118)76(120)87-31-7-3-4-13-66(102)91-59(22-26-68(105)106)78(122)94-60(23-27-69(107)108)79(123)93-58(21-25-67(103)104)77(121)88-33-10-14-65(101)86-30-8-6-12-61(80(124)125)95-84(130)96-62(81(126)127)24-28-70(109)110/h15-20,41-43,52,57-62H,3-14,21-40,44-48H2,1-2H3,(H,86,101)(H,87,120)(H,88,121)(H,91,102)(H,92,119)(H,93,123)(H,94,122)(H,103,104)(H,105,106)(H,107,108)(H,109,110)(H,111,112)(H,113,114)(H,115,116)(H,117,118)(H,124,125)(H,126,127)(H2,89,90,129)(H2,95,96,130). The first-order valence-corrected chi connectivity index (χ1v) is 43.1. The molecule has 6 rings (SSSR count). The smallest absolute Gasteiger partial charge is 0.340 e. The number of urea groups is 2. The van der Waals surface area contributed by atoms with E-state index in [9.17, 15) is 142 Å². The molecule has 7 atom stereocenters. The van der Waals surface area contributed by atoms with Crippen molar-refractivity contribution in [3.63, 3.8) is 0 Å². The highest BCUT2D eigenvalue weighted by Crippen LogP contribution is 2.56. The number of fused-ring (bicyclic) bond motifs is 6. The van der Waals surface area contributed by atoms with Crippen LogP contribution in [0.15, 0.2) is 54.6 Å². The Morgan fingerprint density at radius 1 is 0.371 bits per heavy atom. The minimum absolute atomic E-state index is 0.000790. The molecule has 21 N–H and O–H groups in total. The fraction of sp³-hybridized carbons (Fsp3) is 0.553. The molecule has 3 aromatic carbocycles. The molecule has 47 nitrogen and oxygen atoms in total. The maximum Gasteiger partial charge on any atom is 0.340 e. The lowest BCUT2D eigenvalue weighted by Gasteiger charge is -2.37. The van der Waals surface area contributed by atoms with Crippen molar-refractivity contribution >= 4 is 119 Å². The van der Waals surface area contributed by atoms with Gasteiger partial charge in [-0.05, 0) is 145 Å². The van der Waals surface area contributed by atoms with Gasteiger partial charge in [0.1, 0.15) is 47.8 Å². The van der Waals surface area contributed by atoms with Crippen molar-refractivity contribution in [3.05, 3.63) is 93.5 Å². The average molecular weight is 1860 g/mol. The summed E-state index contributed by atoms with van der Waals surface area (Å²) in [6, 6.07) is 3.14. The van der Waals surface area contributed by atoms with E-state index in [1.807, 2.05) is 31.3 Å². The Hall–Kier alpha value is -13.7. The monoisotopic (exact) mass is 1860 g/mol. The second kappa shape index (κ2) is 54.1. The van der Waals surface area contributed by atoms with E-state index >= 15 is 0 Å². The molecule has 0 aromatic heterocycles. The molecular formula is C85H117N15O32. The zero-order chi connectivity index (χ0) is 97.3. The molecule has 3 aliphatic rings. The van der Waals surface area contributed by atoms with Gasteiger partial charge in [0.15, 0.2) is 5.60 Å². The van der Waals surface area contributed by atoms with Crippen LogP contribution in [0.4, 0.5) is 9.59 Å². The lowest BCUT2D eigenvalue weighted by atomic mass is 9.77. The summed E-state index contributed by atoms with van der Waals surface area (Å²) in [7, 11) is 0. The van der Waals surface area contributed by atoms with Crippen molar-refractivity contribution < 1.29 is 156 Å². The van der Waals surface area contributed by atoms with E-state index in [0.717, 1.165) is 11.1 Å². The molecule has 1 saturated heterocycles. The normalized spacial score (nSPS) is 15.7. The van der Waals surface area contributed by atoms with Gasteiger partial charge in [0.2, 0.25) is 35.4 Å². The first-order valence-electron chi connectivity index (χ1n) is 43.1. The zero-order valence-electron chi connectivity index (χ0n) is 73.1. The van der Waals surface area contributed by atoms with Crippen LogP contribution in [-0.2, 0) is 87.1 Å². The fourth-order valence-corrected chi connectivity index (χ4v) is 15.0. The summed E-state index contributed by atoms with van der Waals surface area (Å²) < 4.78 is 12.7. The number of ether oxygens (including phenoxy) is 2. The molecule has 3 aliphatic heterocycles. The van der Waals surface area contributed by atoms with Gasteiger partial charge >= 0.3 is 77.7 Å². The second-order valence-corrected chi connectivity index (χ2v) is 32.1. The van der Waals surface area contributed by atoms with Crippen LogP contribution in [0.25, 0.3) is 0 Å². The van der Waals surface area contributed by atoms with Gasteiger partial charge in [-0.25, -0.2) is 24.0 Å². The number of carboxylic acid groups (broad SMARTS) is 10. The highest BCUT2D eigenvalue weighted by atomic mass is 16.6. The Balaban J connectivity index is 1.07. The van der Waals surface area contributed by atoms with Gasteiger partial charge in [0.05, 0.1) is 31.7 Å². The molecule has 11 amide bonds. The number of esters is 1. The van der Waals surface area contributed by atoms with Crippen LogP contribution in [0.2, 0.25) is 0 Å². The largest absolute Gasteiger partial charge is 0.481 e. The van der Waals surface area contributed by atoms with E-state index < -0.39 is 245 Å². The molecule has 1 spiro atoms. The summed E-state index contributed by atoms with van der Waals surface area (Å²) in [4.78, 5) is 260. The molecule has 1 fully saturated rings. The molecule has 47 heteroatoms. The number of hydrogen-bond acceptors (Lipinski definition) is 26. The summed E-state index contributed by atoms with van der Waals surface area (Å²) >= 11 is 0. The maximum absolute atomic E-state index is 14.7. The highest BCUT2D eigenvalue weighted by Gasteiger charge is 2.54. The molecule has 3 heterocycles. The van der Waals surface area contributed by atoms with Crippen LogP contribution in [0.1, 0.15) is 183 Å². The van der Waals surface area contributed by atoms with Gasteiger partial charge in [-0.15, -0.1) is 0 Å². The van der Waals surface area contributed by atoms with Crippen LogP contribution in [0.5, 0.6) is 11.5 Å². The lowest BCUT2D eigenvalue weighted by Crippen LogP contribution is -2.57. The number of hydrogen-bond donors (Lipinski definition) is 21. The number of nitrogens with zero attached hydrogens (tertiary/aromatic N) is 4. The fourth-order valence-electron chi connectivity index (χ4n) is 15.0. The third-order valence-corrected chi connectivity index (χ3v) is 21.8. The van der Waals surface area contributed by atoms with Crippen LogP contribution in [0.3, 0.4) is 0 Å². The topological polar surface area (TPSA) is 707 Å². The minimum atomic E-state index is -1.79. The van der Waals surface area contributed by atoms with Crippen LogP contribution in [0, 0.1) is 13.8 Å². The highest BCUT2D eigenvalue weighted by molar-refractivity contribution is 6.02. The van der Waals surface area contributed by atoms with Crippen molar-refractivity contribution in [3.8, 4) is 11.5 Å². The van der Waals surface area contributed by atoms with Crippen molar-refractivity contribution in [2.24, 2.45) is 0 Å². The summed E-state index contributed by atoms with van der Waals surface area (Å²) in [6.07, 6.45) is -4.25. The Kier molecular flexibility index (Phi) is 43.9. The number of carboxylic acids is 10. The molecule has 7 unspecified atom stereocenters. The summed E-state index contributed by atoms with van der Waals surface area (Å²) in [5.41, 5.74) is 1.59. The van der Waals surface area contributed by atoms with E-state index in [-0.39, 0.29) is 173 Å². The second-order valence-electron chi connectivity index (χ2n) is 32.1. The lowest BCUT2D eigenvalue weighted by molar-refractivity contribution is -0.142. The van der Waals surface area contributed by atoms with Crippen molar-refractivity contribution in [2.75, 3.05) is 105 Å². The Morgan fingerprint density at radius 2 is 0.795 bits per heavy atom. The number of nitrogens with one attached hydrogen (secondary N) is 11. The molecular weight excluding hydrogens is 1740 g/mol. The predicted molar refractivity (Wildman–Crippen MR) is 459 cm³/mol. The molecule has 0 aliphatic carbocycles. The first kappa shape index (κ1) is 107. The Morgan fingerprint density at radius 3 is 1.31 bits per heavy atom. The number of unbranched alkanes of at least 4 members (excludes halogenated alkanes) is 4. The molecule has 724 valence electrons. The SMILES string of the molecule is Cc1ccc2c(c1)Oc1cc(C)ccc1C21OC(=O)c2ccc(C(=O)NC(CCCCNC(=O)NCCC3CN(CC(=O)O)CCN(CC(=O)O)CCN(CC(=O)O)CCN3CC(=O)O)C(=O)NCCCCCC(=O)NC(CCC(=O)O)C(=O)NC(CCC(=O)O)C(=O)NC(CCC(=O)O)C(=O)NCCCC(=O)NCCCCC(NC(=O)NC(CCC(=O)O)C(=O)O)C(=O)O)cc21. The summed E-state index contributed by atoms with van der Waals surface area (Å²) in [5, 5.41) is 123. The molecule has 0 saturated carbocycles. The van der Waals surface area contributed by atoms with Gasteiger partial charge in [-0.3, -0.25) is 91.5 Å². The van der Waals surface area contributed by atoms with E-state index in [2.05, 4.69) is 53.2 Å². The van der Waals surface area contributed by atoms with Crippen molar-refractivity contribution in [2.45, 2.75) is 197 Å². The minimum Gasteiger partial charge on any atom is -0.481 e. The first-order chi connectivity index (χ1) is 62.6. The van der Waals surface area contributed by atoms with E-state index in [1.54, 1.807) is 34.1 Å². The number of carbonyl (C=O) groups excluding carboxylic acids is 10. The third kappa shape index (κ3) is 36.7. The number of carbonyl (C=O) groups is 20. The van der Waals surface area contributed by atoms with Gasteiger partial charge in [0.25, 0.3) is 5.91 Å². The van der Waals surface area contributed by atoms with Gasteiger partial charge in [-0.1, -0.05) is 30.7 Å². The number of benzene rings is 3. The average Bonchev–Trinajstić information content (AvgIpc) is 1.56. The van der Waals surface area contributed by atoms with Gasteiger partial charge in [-0.2, -0.15) is 0 Å². The number of amides is 11. The van der Waals surface area contributed by atoms with Crippen LogP contribution >= 0.6 is 0 Å². The van der Waals surface area contributed by atoms with Crippen molar-refractivity contribution in [1.82, 2.24) is 78.1 Å². The van der Waals surface area contributed by atoms with E-state index in [4.69, 9.17) is 14.6 Å². The Labute approximate surface area is 756 Å². The molecule has 0 bridgehead atoms. The van der Waals surface area contributed by atoms with Gasteiger partial charge in [0, 0.05) is 145 Å². The summed E-state index contributed by atoms with van der Waals surface area (Å²) in [5.74, 6) is -19.2. The van der Waals surface area contributed by atoms with Crippen LogP contribution in [-0.4, -0.2) is 337 Å². The quantitative estimate of drug-likeness (QED) is 0.0256. The number of rotatable bonds is 56. The predicted octanol–water partition coefficient (Wildman–Crippen LogP) is -0.263. The van der Waals surface area contributed by atoms with Crippen molar-refractivity contribution in [1.29, 1.82) is 0 Å². The Bertz CT molecular complexity index is 4590. The van der Waals surface area contributed by atoms with Crippen LogP contribution < -0.4 is 63.2 Å². The molecule has 0 radical (unpaired) electrons.